The molecule has 10 heavy (non-hydrogen) atoms. The van der Waals surface area contributed by atoms with Gasteiger partial charge in [0.2, 0.25) is 0 Å². The molecule has 0 spiro atoms. The van der Waals surface area contributed by atoms with Crippen LogP contribution in [0.1, 0.15) is 6.92 Å². The first-order valence-electron chi connectivity index (χ1n) is 3.64. The largest absolute Gasteiger partial charge is 0.324 e. The van der Waals surface area contributed by atoms with Gasteiger partial charge in [-0.3, -0.25) is 0 Å². The first-order valence-corrected chi connectivity index (χ1v) is 4.71. The quantitative estimate of drug-likeness (QED) is 0.453. The van der Waals surface area contributed by atoms with Gasteiger partial charge in [-0.05, 0) is 6.92 Å². The van der Waals surface area contributed by atoms with Crippen LogP contribution in [-0.2, 0) is 0 Å². The minimum Gasteiger partial charge on any atom is -0.324 e. The third-order valence-electron chi connectivity index (χ3n) is 2.01. The maximum absolute atomic E-state index is 5.64. The molecule has 0 bridgehead atoms. The van der Waals surface area contributed by atoms with Gasteiger partial charge < -0.3 is 4.48 Å². The second-order valence-electron chi connectivity index (χ2n) is 2.76. The average molecular weight is 185 g/mol. The van der Waals surface area contributed by atoms with Gasteiger partial charge in [0.05, 0.1) is 38.4 Å². The van der Waals surface area contributed by atoms with Crippen LogP contribution in [0.25, 0.3) is 0 Å². The van der Waals surface area contributed by atoms with Gasteiger partial charge in [-0.25, -0.2) is 0 Å². The van der Waals surface area contributed by atoms with E-state index < -0.39 is 0 Å². The Hall–Kier alpha value is 0.540. The van der Waals surface area contributed by atoms with Crippen molar-refractivity contribution in [2.45, 2.75) is 6.92 Å². The van der Waals surface area contributed by atoms with E-state index in [-0.39, 0.29) is 0 Å². The number of hydrogen-bond acceptors (Lipinski definition) is 0. The van der Waals surface area contributed by atoms with Crippen molar-refractivity contribution in [1.29, 1.82) is 0 Å². The first kappa shape index (κ1) is 10.5. The minimum atomic E-state index is 0.723. The summed E-state index contributed by atoms with van der Waals surface area (Å²) in [5.74, 6) is 1.45. The van der Waals surface area contributed by atoms with Crippen molar-refractivity contribution in [2.75, 3.05) is 38.4 Å². The summed E-state index contributed by atoms with van der Waals surface area (Å²) < 4.78 is 0.993. The topological polar surface area (TPSA) is 0 Å². The molecule has 0 unspecified atom stereocenters. The van der Waals surface area contributed by atoms with Crippen LogP contribution < -0.4 is 0 Å². The summed E-state index contributed by atoms with van der Waals surface area (Å²) in [5, 5.41) is 0. The Morgan fingerprint density at radius 1 is 1.10 bits per heavy atom. The number of alkyl halides is 2. The van der Waals surface area contributed by atoms with Gasteiger partial charge in [-0.15, -0.1) is 23.2 Å². The predicted molar refractivity (Wildman–Crippen MR) is 47.9 cm³/mol. The molecule has 1 nitrogen and oxygen atoms in total. The lowest BCUT2D eigenvalue weighted by atomic mass is 10.4. The molecule has 0 aliphatic rings. The molecule has 0 aliphatic heterocycles. The highest BCUT2D eigenvalue weighted by Crippen LogP contribution is 2.02. The van der Waals surface area contributed by atoms with Crippen LogP contribution in [-0.4, -0.2) is 42.9 Å². The van der Waals surface area contributed by atoms with E-state index in [1.54, 1.807) is 0 Å². The van der Waals surface area contributed by atoms with E-state index >= 15 is 0 Å². The van der Waals surface area contributed by atoms with Crippen molar-refractivity contribution < 1.29 is 4.48 Å². The standard InChI is InChI=1S/C7H16Cl2N/c1-3-10(2,6-4-8)7-5-9/h3-7H2,1-2H3/q+1. The normalized spacial score (nSPS) is 12.0. The van der Waals surface area contributed by atoms with Gasteiger partial charge in [0, 0.05) is 0 Å². The summed E-state index contributed by atoms with van der Waals surface area (Å²) in [4.78, 5) is 0. The lowest BCUT2D eigenvalue weighted by Gasteiger charge is -2.31. The Labute approximate surface area is 73.5 Å². The van der Waals surface area contributed by atoms with E-state index in [9.17, 15) is 0 Å². The summed E-state index contributed by atoms with van der Waals surface area (Å²) in [6.07, 6.45) is 0. The van der Waals surface area contributed by atoms with Crippen molar-refractivity contribution >= 4 is 23.2 Å². The van der Waals surface area contributed by atoms with Crippen molar-refractivity contribution in [3.63, 3.8) is 0 Å². The van der Waals surface area contributed by atoms with Crippen LogP contribution in [0.15, 0.2) is 0 Å². The number of halogens is 2. The molecule has 0 N–H and O–H groups in total. The Kier molecular flexibility index (Phi) is 5.51. The molecule has 0 amide bonds. The van der Waals surface area contributed by atoms with E-state index in [4.69, 9.17) is 23.2 Å². The maximum atomic E-state index is 5.64. The molecule has 0 saturated carbocycles. The molecule has 62 valence electrons. The second kappa shape index (κ2) is 5.22. The molecular formula is C7H16Cl2N+. The molecule has 0 aromatic rings. The highest BCUT2D eigenvalue weighted by Gasteiger charge is 2.16. The molecule has 0 atom stereocenters. The smallest absolute Gasteiger partial charge is 0.0922 e. The van der Waals surface area contributed by atoms with Crippen molar-refractivity contribution in [2.24, 2.45) is 0 Å². The molecule has 0 aromatic carbocycles. The summed E-state index contributed by atoms with van der Waals surface area (Å²) in [6.45, 7) is 5.31. The third kappa shape index (κ3) is 3.65. The van der Waals surface area contributed by atoms with E-state index in [0.29, 0.717) is 0 Å². The molecular weight excluding hydrogens is 169 g/mol. The van der Waals surface area contributed by atoms with Crippen LogP contribution in [0.2, 0.25) is 0 Å². The van der Waals surface area contributed by atoms with Crippen molar-refractivity contribution in [3.8, 4) is 0 Å². The Morgan fingerprint density at radius 2 is 1.50 bits per heavy atom. The van der Waals surface area contributed by atoms with Crippen LogP contribution in [0.4, 0.5) is 0 Å². The van der Waals surface area contributed by atoms with Crippen molar-refractivity contribution in [3.05, 3.63) is 0 Å². The first-order chi connectivity index (χ1) is 4.68. The van der Waals surface area contributed by atoms with Crippen LogP contribution in [0, 0.1) is 0 Å². The van der Waals surface area contributed by atoms with Crippen LogP contribution >= 0.6 is 23.2 Å². The summed E-state index contributed by atoms with van der Waals surface area (Å²) in [6, 6.07) is 0. The van der Waals surface area contributed by atoms with Gasteiger partial charge in [-0.2, -0.15) is 0 Å². The van der Waals surface area contributed by atoms with E-state index in [2.05, 4.69) is 14.0 Å². The average Bonchev–Trinajstić information content (AvgIpc) is 1.89. The Bertz CT molecular complexity index is 79.7. The van der Waals surface area contributed by atoms with Gasteiger partial charge in [-0.1, -0.05) is 0 Å². The fourth-order valence-corrected chi connectivity index (χ4v) is 1.65. The van der Waals surface area contributed by atoms with Gasteiger partial charge in [0.1, 0.15) is 0 Å². The third-order valence-corrected chi connectivity index (χ3v) is 2.35. The number of rotatable bonds is 5. The highest BCUT2D eigenvalue weighted by molar-refractivity contribution is 6.18. The van der Waals surface area contributed by atoms with Gasteiger partial charge >= 0.3 is 0 Å². The lowest BCUT2D eigenvalue weighted by Crippen LogP contribution is -2.46. The summed E-state index contributed by atoms with van der Waals surface area (Å²) >= 11 is 11.3. The molecule has 0 fully saturated rings. The molecule has 0 saturated heterocycles. The minimum absolute atomic E-state index is 0.723. The number of quaternary nitrogens is 1. The molecule has 3 heteroatoms. The monoisotopic (exact) mass is 184 g/mol. The summed E-state index contributed by atoms with van der Waals surface area (Å²) in [5.41, 5.74) is 0. The van der Waals surface area contributed by atoms with Gasteiger partial charge in [0.25, 0.3) is 0 Å². The number of hydrogen-bond donors (Lipinski definition) is 0. The maximum Gasteiger partial charge on any atom is 0.0922 e. The van der Waals surface area contributed by atoms with E-state index in [1.165, 1.54) is 0 Å². The zero-order valence-corrected chi connectivity index (χ0v) is 8.25. The number of nitrogens with zero attached hydrogens (tertiary/aromatic N) is 1. The Morgan fingerprint density at radius 3 is 1.70 bits per heavy atom. The molecule has 0 aromatic heterocycles. The fraction of sp³-hybridized carbons (Fsp3) is 1.00. The lowest BCUT2D eigenvalue weighted by molar-refractivity contribution is -0.903. The molecule has 0 aliphatic carbocycles. The highest BCUT2D eigenvalue weighted by atomic mass is 35.5. The summed E-state index contributed by atoms with van der Waals surface area (Å²) in [7, 11) is 2.19. The second-order valence-corrected chi connectivity index (χ2v) is 3.52. The zero-order valence-electron chi connectivity index (χ0n) is 6.74. The molecule has 0 rings (SSSR count). The van der Waals surface area contributed by atoms with Crippen LogP contribution in [0.5, 0.6) is 0 Å². The SMILES string of the molecule is CC[N+](C)(CCCl)CCCl. The van der Waals surface area contributed by atoms with E-state index in [1.807, 2.05) is 0 Å². The van der Waals surface area contributed by atoms with E-state index in [0.717, 1.165) is 35.9 Å². The van der Waals surface area contributed by atoms with Crippen molar-refractivity contribution in [1.82, 2.24) is 0 Å². The predicted octanol–water partition coefficient (Wildman–Crippen LogP) is 1.93. The Balaban J connectivity index is 3.69. The van der Waals surface area contributed by atoms with Crippen LogP contribution in [0.3, 0.4) is 0 Å². The molecule has 0 radical (unpaired) electrons. The molecule has 0 heterocycles. The van der Waals surface area contributed by atoms with Gasteiger partial charge in [0.15, 0.2) is 0 Å². The zero-order chi connectivity index (χ0) is 8.04. The fourth-order valence-electron chi connectivity index (χ4n) is 0.836.